The smallest absolute Gasteiger partial charge is 0.242 e. The third kappa shape index (κ3) is 6.45. The Bertz CT molecular complexity index is 1570. The lowest BCUT2D eigenvalue weighted by Gasteiger charge is -2.36. The maximum atomic E-state index is 13.3. The minimum absolute atomic E-state index is 0.0308. The van der Waals surface area contributed by atoms with E-state index in [1.807, 2.05) is 67.3 Å². The number of aromatic nitrogens is 2. The number of hydrogen-bond acceptors (Lipinski definition) is 7. The summed E-state index contributed by atoms with van der Waals surface area (Å²) in [7, 11) is 0. The first-order valence-electron chi connectivity index (χ1n) is 14.6. The van der Waals surface area contributed by atoms with Crippen LogP contribution in [-0.4, -0.2) is 71.3 Å². The molecule has 0 unspecified atom stereocenters. The number of carbonyl (C=O) groups excluding carboxylic acids is 2. The maximum absolute atomic E-state index is 13.3. The van der Waals surface area contributed by atoms with Crippen LogP contribution in [0.4, 0.5) is 5.82 Å². The van der Waals surface area contributed by atoms with Gasteiger partial charge in [-0.15, -0.1) is 10.2 Å². The van der Waals surface area contributed by atoms with Gasteiger partial charge < -0.3 is 24.2 Å². The summed E-state index contributed by atoms with van der Waals surface area (Å²) in [6, 6.07) is 28.2. The van der Waals surface area contributed by atoms with Gasteiger partial charge in [0.2, 0.25) is 18.6 Å². The minimum Gasteiger partial charge on any atom is -0.454 e. The molecule has 9 heteroatoms. The highest BCUT2D eigenvalue weighted by molar-refractivity contribution is 5.86. The first-order valence-corrected chi connectivity index (χ1v) is 14.6. The first kappa shape index (κ1) is 28.2. The van der Waals surface area contributed by atoms with E-state index >= 15 is 0 Å². The van der Waals surface area contributed by atoms with Crippen LogP contribution in [0, 0.1) is 5.92 Å². The van der Waals surface area contributed by atoms with Crippen LogP contribution >= 0.6 is 0 Å². The third-order valence-electron chi connectivity index (χ3n) is 7.84. The van der Waals surface area contributed by atoms with Crippen molar-refractivity contribution in [2.24, 2.45) is 5.92 Å². The van der Waals surface area contributed by atoms with Gasteiger partial charge in [-0.3, -0.25) is 9.59 Å². The largest absolute Gasteiger partial charge is 0.454 e. The van der Waals surface area contributed by atoms with Crippen molar-refractivity contribution >= 4 is 17.6 Å². The van der Waals surface area contributed by atoms with E-state index in [2.05, 4.69) is 51.5 Å². The van der Waals surface area contributed by atoms with E-state index in [-0.39, 0.29) is 31.1 Å². The molecule has 2 amide bonds. The zero-order valence-electron chi connectivity index (χ0n) is 24.5. The van der Waals surface area contributed by atoms with Gasteiger partial charge in [0.15, 0.2) is 17.3 Å². The molecular weight excluding hydrogens is 542 g/mol. The van der Waals surface area contributed by atoms with Crippen LogP contribution in [0.15, 0.2) is 84.9 Å². The predicted octanol–water partition coefficient (Wildman–Crippen LogP) is 4.87. The van der Waals surface area contributed by atoms with E-state index in [1.165, 1.54) is 5.56 Å². The molecule has 43 heavy (non-hydrogen) atoms. The highest BCUT2D eigenvalue weighted by atomic mass is 16.7. The standard InChI is InChI=1S/C34H35N5O4/c1-24(2)34(41)39(21-25-8-14-30-31(20-25)43-23-42-30)22-33(40)38-18-16-37(17-19-38)32-15-13-29(35-36-32)28-11-9-27(10-12-28)26-6-4-3-5-7-26/h3-15,20,24H,16-19,21-23H2,1-2H3. The Morgan fingerprint density at radius 1 is 0.791 bits per heavy atom. The van der Waals surface area contributed by atoms with E-state index in [9.17, 15) is 9.59 Å². The molecule has 4 aromatic rings. The second-order valence-corrected chi connectivity index (χ2v) is 11.1. The normalized spacial score (nSPS) is 14.2. The molecule has 3 aromatic carbocycles. The van der Waals surface area contributed by atoms with Gasteiger partial charge in [0.05, 0.1) is 5.69 Å². The molecule has 0 N–H and O–H groups in total. The van der Waals surface area contributed by atoms with Crippen molar-refractivity contribution in [2.45, 2.75) is 20.4 Å². The summed E-state index contributed by atoms with van der Waals surface area (Å²) in [6.45, 7) is 6.65. The van der Waals surface area contributed by atoms with E-state index < -0.39 is 0 Å². The molecule has 0 saturated carbocycles. The number of fused-ring (bicyclic) bond motifs is 1. The number of hydrogen-bond donors (Lipinski definition) is 0. The van der Waals surface area contributed by atoms with Gasteiger partial charge in [-0.2, -0.15) is 0 Å². The van der Waals surface area contributed by atoms with Crippen molar-refractivity contribution in [3.05, 3.63) is 90.5 Å². The highest BCUT2D eigenvalue weighted by Crippen LogP contribution is 2.33. The average molecular weight is 578 g/mol. The van der Waals surface area contributed by atoms with Gasteiger partial charge in [-0.1, -0.05) is 74.5 Å². The van der Waals surface area contributed by atoms with Gasteiger partial charge in [0, 0.05) is 44.2 Å². The molecule has 1 saturated heterocycles. The van der Waals surface area contributed by atoms with E-state index in [0.29, 0.717) is 44.2 Å². The lowest BCUT2D eigenvalue weighted by Crippen LogP contribution is -2.52. The summed E-state index contributed by atoms with van der Waals surface area (Å²) in [5, 5.41) is 8.98. The Labute approximate surface area is 251 Å². The summed E-state index contributed by atoms with van der Waals surface area (Å²) in [4.78, 5) is 31.9. The van der Waals surface area contributed by atoms with Crippen LogP contribution in [0.5, 0.6) is 11.5 Å². The summed E-state index contributed by atoms with van der Waals surface area (Å²) < 4.78 is 10.9. The number of benzene rings is 3. The lowest BCUT2D eigenvalue weighted by molar-refractivity contribution is -0.143. The molecule has 2 aliphatic rings. The molecule has 9 nitrogen and oxygen atoms in total. The topological polar surface area (TPSA) is 88.1 Å². The van der Waals surface area contributed by atoms with Gasteiger partial charge >= 0.3 is 0 Å². The fraction of sp³-hybridized carbons (Fsp3) is 0.294. The van der Waals surface area contributed by atoms with Crippen molar-refractivity contribution in [1.29, 1.82) is 0 Å². The molecule has 0 spiro atoms. The van der Waals surface area contributed by atoms with Crippen LogP contribution in [0.25, 0.3) is 22.4 Å². The van der Waals surface area contributed by atoms with Gasteiger partial charge in [-0.25, -0.2) is 0 Å². The Balaban J connectivity index is 1.04. The molecule has 3 heterocycles. The monoisotopic (exact) mass is 577 g/mol. The number of nitrogens with zero attached hydrogens (tertiary/aromatic N) is 5. The molecule has 0 aliphatic carbocycles. The van der Waals surface area contributed by atoms with E-state index in [0.717, 1.165) is 28.2 Å². The van der Waals surface area contributed by atoms with Crippen LogP contribution in [0.2, 0.25) is 0 Å². The van der Waals surface area contributed by atoms with Crippen LogP contribution in [-0.2, 0) is 16.1 Å². The quantitative estimate of drug-likeness (QED) is 0.295. The zero-order valence-corrected chi connectivity index (χ0v) is 24.5. The van der Waals surface area contributed by atoms with Crippen molar-refractivity contribution in [3.8, 4) is 33.9 Å². The number of amides is 2. The van der Waals surface area contributed by atoms with Crippen molar-refractivity contribution in [1.82, 2.24) is 20.0 Å². The second-order valence-electron chi connectivity index (χ2n) is 11.1. The Kier molecular flexibility index (Phi) is 8.22. The van der Waals surface area contributed by atoms with Gasteiger partial charge in [0.25, 0.3) is 0 Å². The Hall–Kier alpha value is -4.92. The average Bonchev–Trinajstić information content (AvgIpc) is 3.53. The Morgan fingerprint density at radius 3 is 2.19 bits per heavy atom. The fourth-order valence-electron chi connectivity index (χ4n) is 5.40. The van der Waals surface area contributed by atoms with E-state index in [4.69, 9.17) is 9.47 Å². The van der Waals surface area contributed by atoms with Crippen molar-refractivity contribution < 1.29 is 19.1 Å². The number of carbonyl (C=O) groups is 2. The highest BCUT2D eigenvalue weighted by Gasteiger charge is 2.27. The minimum atomic E-state index is -0.220. The molecule has 0 atom stereocenters. The van der Waals surface area contributed by atoms with Gasteiger partial charge in [-0.05, 0) is 41.0 Å². The van der Waals surface area contributed by atoms with Crippen LogP contribution < -0.4 is 14.4 Å². The number of piperazine rings is 1. The Morgan fingerprint density at radius 2 is 1.49 bits per heavy atom. The molecule has 6 rings (SSSR count). The first-order chi connectivity index (χ1) is 20.9. The van der Waals surface area contributed by atoms with Gasteiger partial charge in [0.1, 0.15) is 6.54 Å². The summed E-state index contributed by atoms with van der Waals surface area (Å²) in [6.07, 6.45) is 0. The van der Waals surface area contributed by atoms with E-state index in [1.54, 1.807) is 4.90 Å². The van der Waals surface area contributed by atoms with Crippen LogP contribution in [0.1, 0.15) is 19.4 Å². The van der Waals surface area contributed by atoms with Crippen molar-refractivity contribution in [2.75, 3.05) is 44.4 Å². The summed E-state index contributed by atoms with van der Waals surface area (Å²) >= 11 is 0. The molecule has 1 aromatic heterocycles. The molecule has 0 radical (unpaired) electrons. The molecule has 0 bridgehead atoms. The molecular formula is C34H35N5O4. The lowest BCUT2D eigenvalue weighted by atomic mass is 10.0. The second kappa shape index (κ2) is 12.5. The number of anilines is 1. The summed E-state index contributed by atoms with van der Waals surface area (Å²) in [5.41, 5.74) is 5.05. The molecule has 2 aliphatic heterocycles. The summed E-state index contributed by atoms with van der Waals surface area (Å²) in [5.74, 6) is 1.80. The van der Waals surface area contributed by atoms with Crippen molar-refractivity contribution in [3.63, 3.8) is 0 Å². The molecule has 1 fully saturated rings. The zero-order chi connectivity index (χ0) is 29.8. The predicted molar refractivity (Wildman–Crippen MR) is 165 cm³/mol. The number of ether oxygens (including phenoxy) is 2. The maximum Gasteiger partial charge on any atom is 0.242 e. The third-order valence-corrected chi connectivity index (χ3v) is 7.84. The number of rotatable bonds is 8. The fourth-order valence-corrected chi connectivity index (χ4v) is 5.40. The van der Waals surface area contributed by atoms with Crippen LogP contribution in [0.3, 0.4) is 0 Å². The molecule has 220 valence electrons. The SMILES string of the molecule is CC(C)C(=O)N(CC(=O)N1CCN(c2ccc(-c3ccc(-c4ccccc4)cc3)nn2)CC1)Cc1ccc2c(c1)OCO2.